The van der Waals surface area contributed by atoms with Crippen molar-refractivity contribution in [2.45, 2.75) is 26.6 Å². The lowest BCUT2D eigenvalue weighted by atomic mass is 10.1. The van der Waals surface area contributed by atoms with Gasteiger partial charge in [0.05, 0.1) is 24.0 Å². The predicted molar refractivity (Wildman–Crippen MR) is 89.9 cm³/mol. The second-order valence-electron chi connectivity index (χ2n) is 5.66. The van der Waals surface area contributed by atoms with Crippen LogP contribution in [0.15, 0.2) is 30.0 Å². The lowest BCUT2D eigenvalue weighted by molar-refractivity contribution is -0.222. The van der Waals surface area contributed by atoms with Gasteiger partial charge in [0.2, 0.25) is 0 Å². The van der Waals surface area contributed by atoms with Crippen LogP contribution in [0.4, 0.5) is 11.4 Å². The summed E-state index contributed by atoms with van der Waals surface area (Å²) in [6, 6.07) is 4.84. The smallest absolute Gasteiger partial charge is 0.350 e. The molecule has 2 rings (SSSR count). The predicted octanol–water partition coefficient (Wildman–Crippen LogP) is 2.04. The van der Waals surface area contributed by atoms with Crippen LogP contribution in [0.25, 0.3) is 0 Å². The molecule has 0 aromatic heterocycles. The molecule has 134 valence electrons. The number of hydrogen-bond acceptors (Lipinski definition) is 8. The highest BCUT2D eigenvalue weighted by molar-refractivity contribution is 6.15. The summed E-state index contributed by atoms with van der Waals surface area (Å²) in [5, 5.41) is 5.95. The Balaban J connectivity index is 2.30. The van der Waals surface area contributed by atoms with Gasteiger partial charge in [-0.3, -0.25) is 0 Å². The Labute approximate surface area is 145 Å². The topological polar surface area (TPSA) is 103 Å². The molecule has 1 saturated heterocycles. The number of carbonyl (C=O) groups is 3. The third-order valence-electron chi connectivity index (χ3n) is 3.30. The van der Waals surface area contributed by atoms with E-state index < -0.39 is 23.7 Å². The maximum absolute atomic E-state index is 12.0. The third-order valence-corrected chi connectivity index (χ3v) is 3.30. The summed E-state index contributed by atoms with van der Waals surface area (Å²) in [5.41, 5.74) is 1.22. The summed E-state index contributed by atoms with van der Waals surface area (Å²) >= 11 is 0. The molecule has 0 atom stereocenters. The van der Waals surface area contributed by atoms with Crippen LogP contribution in [-0.4, -0.2) is 37.3 Å². The van der Waals surface area contributed by atoms with Crippen LogP contribution in [-0.2, 0) is 23.8 Å². The van der Waals surface area contributed by atoms with Gasteiger partial charge in [-0.1, -0.05) is 0 Å². The fourth-order valence-electron chi connectivity index (χ4n) is 2.18. The first-order chi connectivity index (χ1) is 11.8. The molecule has 1 fully saturated rings. The van der Waals surface area contributed by atoms with Crippen molar-refractivity contribution in [1.82, 2.24) is 0 Å². The van der Waals surface area contributed by atoms with Gasteiger partial charge in [0.1, 0.15) is 0 Å². The number of hydrogen-bond donors (Lipinski definition) is 2. The Morgan fingerprint density at radius 2 is 1.84 bits per heavy atom. The molecule has 0 bridgehead atoms. The van der Waals surface area contributed by atoms with Crippen molar-refractivity contribution in [3.8, 4) is 0 Å². The zero-order valence-electron chi connectivity index (χ0n) is 14.5. The monoisotopic (exact) mass is 348 g/mol. The number of carbonyl (C=O) groups excluding carboxylic acids is 3. The van der Waals surface area contributed by atoms with Crippen LogP contribution < -0.4 is 10.6 Å². The van der Waals surface area contributed by atoms with E-state index in [1.165, 1.54) is 27.2 Å². The van der Waals surface area contributed by atoms with Crippen molar-refractivity contribution in [3.05, 3.63) is 35.5 Å². The number of ether oxygens (including phenoxy) is 3. The summed E-state index contributed by atoms with van der Waals surface area (Å²) in [5.74, 6) is -3.38. The lowest BCUT2D eigenvalue weighted by Crippen LogP contribution is -2.42. The van der Waals surface area contributed by atoms with Crippen molar-refractivity contribution in [1.29, 1.82) is 0 Å². The summed E-state index contributed by atoms with van der Waals surface area (Å²) in [4.78, 5) is 35.6. The van der Waals surface area contributed by atoms with E-state index in [9.17, 15) is 14.4 Å². The Bertz CT molecular complexity index is 717. The molecule has 25 heavy (non-hydrogen) atoms. The molecule has 1 aromatic rings. The molecular weight excluding hydrogens is 328 g/mol. The highest BCUT2D eigenvalue weighted by atomic mass is 16.7. The average molecular weight is 348 g/mol. The molecule has 0 unspecified atom stereocenters. The second-order valence-corrected chi connectivity index (χ2v) is 5.66. The zero-order valence-corrected chi connectivity index (χ0v) is 14.5. The molecule has 8 heteroatoms. The summed E-state index contributed by atoms with van der Waals surface area (Å²) in [6.45, 7) is 5.49. The fraction of sp³-hybridized carbons (Fsp3) is 0.353. The van der Waals surface area contributed by atoms with Gasteiger partial charge in [-0.15, -0.1) is 0 Å². The zero-order chi connectivity index (χ0) is 18.6. The average Bonchev–Trinajstić information content (AvgIpc) is 2.53. The van der Waals surface area contributed by atoms with Crippen molar-refractivity contribution < 1.29 is 28.6 Å². The Morgan fingerprint density at radius 1 is 1.20 bits per heavy atom. The first-order valence-corrected chi connectivity index (χ1v) is 7.67. The van der Waals surface area contributed by atoms with Crippen molar-refractivity contribution in [2.24, 2.45) is 0 Å². The molecule has 0 amide bonds. The number of benzene rings is 1. The largest absolute Gasteiger partial charge is 0.465 e. The molecule has 0 aliphatic carbocycles. The van der Waals surface area contributed by atoms with E-state index in [1.807, 2.05) is 6.92 Å². The number of cyclic esters (lactones) is 2. The van der Waals surface area contributed by atoms with Crippen LogP contribution in [0.1, 0.15) is 31.1 Å². The maximum Gasteiger partial charge on any atom is 0.350 e. The van der Waals surface area contributed by atoms with Gasteiger partial charge < -0.3 is 24.8 Å². The molecule has 8 nitrogen and oxygen atoms in total. The minimum Gasteiger partial charge on any atom is -0.465 e. The van der Waals surface area contributed by atoms with Crippen molar-refractivity contribution >= 4 is 29.3 Å². The van der Waals surface area contributed by atoms with Crippen LogP contribution >= 0.6 is 0 Å². The van der Waals surface area contributed by atoms with Gasteiger partial charge in [-0.05, 0) is 25.1 Å². The van der Waals surface area contributed by atoms with E-state index in [4.69, 9.17) is 14.2 Å². The van der Waals surface area contributed by atoms with Crippen LogP contribution in [0, 0.1) is 0 Å². The van der Waals surface area contributed by atoms with E-state index in [0.717, 1.165) is 0 Å². The molecule has 1 aromatic carbocycles. The van der Waals surface area contributed by atoms with Gasteiger partial charge in [0, 0.05) is 26.6 Å². The molecule has 1 aliphatic rings. The summed E-state index contributed by atoms with van der Waals surface area (Å²) < 4.78 is 14.7. The fourth-order valence-corrected chi connectivity index (χ4v) is 2.18. The Kier molecular flexibility index (Phi) is 5.31. The quantitative estimate of drug-likeness (QED) is 0.473. The number of nitrogens with one attached hydrogen (secondary N) is 2. The highest BCUT2D eigenvalue weighted by Crippen LogP contribution is 2.26. The number of methoxy groups -OCH3 is 1. The Morgan fingerprint density at radius 3 is 2.40 bits per heavy atom. The van der Waals surface area contributed by atoms with E-state index >= 15 is 0 Å². The normalized spacial score (nSPS) is 15.8. The third kappa shape index (κ3) is 4.28. The van der Waals surface area contributed by atoms with Crippen LogP contribution in [0.3, 0.4) is 0 Å². The minimum atomic E-state index is -1.30. The van der Waals surface area contributed by atoms with Gasteiger partial charge >= 0.3 is 17.9 Å². The Hall–Kier alpha value is -3.03. The standard InChI is InChI=1S/C17H20N2O6/c1-5-18-12-7-6-10(14(20)23-4)8-13(12)19-9-11-15(21)24-17(2,3)25-16(11)22/h6-9,18-19H,5H2,1-4H3. The number of rotatable bonds is 5. The van der Waals surface area contributed by atoms with E-state index in [0.29, 0.717) is 23.5 Å². The van der Waals surface area contributed by atoms with E-state index in [-0.39, 0.29) is 5.57 Å². The highest BCUT2D eigenvalue weighted by Gasteiger charge is 2.38. The molecule has 0 saturated carbocycles. The van der Waals surface area contributed by atoms with Crippen molar-refractivity contribution in [3.63, 3.8) is 0 Å². The maximum atomic E-state index is 12.0. The van der Waals surface area contributed by atoms with Crippen molar-refractivity contribution in [2.75, 3.05) is 24.3 Å². The van der Waals surface area contributed by atoms with Gasteiger partial charge in [-0.25, -0.2) is 14.4 Å². The van der Waals surface area contributed by atoms with E-state index in [1.54, 1.807) is 18.2 Å². The molecule has 0 radical (unpaired) electrons. The lowest BCUT2D eigenvalue weighted by Gasteiger charge is -2.29. The minimum absolute atomic E-state index is 0.273. The molecule has 1 heterocycles. The van der Waals surface area contributed by atoms with Crippen LogP contribution in [0.2, 0.25) is 0 Å². The SMILES string of the molecule is CCNc1ccc(C(=O)OC)cc1NC=C1C(=O)OC(C)(C)OC1=O. The summed E-state index contributed by atoms with van der Waals surface area (Å²) in [7, 11) is 1.28. The molecular formula is C17H20N2O6. The molecule has 2 N–H and O–H groups in total. The molecule has 0 spiro atoms. The number of anilines is 2. The molecule has 1 aliphatic heterocycles. The number of esters is 3. The van der Waals surface area contributed by atoms with Gasteiger partial charge in [0.15, 0.2) is 5.57 Å². The van der Waals surface area contributed by atoms with Gasteiger partial charge in [0.25, 0.3) is 5.79 Å². The van der Waals surface area contributed by atoms with Crippen LogP contribution in [0.5, 0.6) is 0 Å². The second kappa shape index (κ2) is 7.25. The first kappa shape index (κ1) is 18.3. The summed E-state index contributed by atoms with van der Waals surface area (Å²) in [6.07, 6.45) is 1.19. The van der Waals surface area contributed by atoms with E-state index in [2.05, 4.69) is 10.6 Å². The first-order valence-electron chi connectivity index (χ1n) is 7.67. The van der Waals surface area contributed by atoms with Gasteiger partial charge in [-0.2, -0.15) is 0 Å².